The predicted molar refractivity (Wildman–Crippen MR) is 61.9 cm³/mol. The number of unbranched alkanes of at least 4 members (excludes halogenated alkanes) is 1. The second-order valence-corrected chi connectivity index (χ2v) is 3.56. The number of rotatable bonds is 8. The standard InChI is InChI=1S/C12H20N2O/c1-15-10-3-2-7-13-9-6-12-5-4-8-14-11-12/h4-5,8,11,13H,2-3,6-7,9-10H2,1H3. The first-order chi connectivity index (χ1) is 7.43. The summed E-state index contributed by atoms with van der Waals surface area (Å²) in [4.78, 5) is 4.08. The van der Waals surface area contributed by atoms with Crippen LogP contribution in [0.15, 0.2) is 24.5 Å². The van der Waals surface area contributed by atoms with Crippen LogP contribution in [0.4, 0.5) is 0 Å². The molecule has 15 heavy (non-hydrogen) atoms. The maximum absolute atomic E-state index is 4.98. The van der Waals surface area contributed by atoms with Crippen molar-refractivity contribution in [2.24, 2.45) is 0 Å². The third-order valence-corrected chi connectivity index (χ3v) is 2.27. The summed E-state index contributed by atoms with van der Waals surface area (Å²) in [5.74, 6) is 0. The van der Waals surface area contributed by atoms with E-state index in [-0.39, 0.29) is 0 Å². The largest absolute Gasteiger partial charge is 0.385 e. The number of methoxy groups -OCH3 is 1. The molecule has 1 aromatic heterocycles. The highest BCUT2D eigenvalue weighted by Crippen LogP contribution is 1.95. The molecule has 0 saturated heterocycles. The van der Waals surface area contributed by atoms with Gasteiger partial charge >= 0.3 is 0 Å². The first kappa shape index (κ1) is 12.1. The van der Waals surface area contributed by atoms with Gasteiger partial charge in [-0.1, -0.05) is 6.07 Å². The number of hydrogen-bond acceptors (Lipinski definition) is 3. The van der Waals surface area contributed by atoms with Gasteiger partial charge in [-0.15, -0.1) is 0 Å². The van der Waals surface area contributed by atoms with Gasteiger partial charge in [0.15, 0.2) is 0 Å². The van der Waals surface area contributed by atoms with Crippen LogP contribution in [0.2, 0.25) is 0 Å². The lowest BCUT2D eigenvalue weighted by Crippen LogP contribution is -2.18. The van der Waals surface area contributed by atoms with E-state index in [1.165, 1.54) is 12.0 Å². The summed E-state index contributed by atoms with van der Waals surface area (Å²) in [6, 6.07) is 4.09. The van der Waals surface area contributed by atoms with E-state index in [2.05, 4.69) is 16.4 Å². The molecule has 0 spiro atoms. The van der Waals surface area contributed by atoms with E-state index in [0.29, 0.717) is 0 Å². The van der Waals surface area contributed by atoms with E-state index in [4.69, 9.17) is 4.74 Å². The summed E-state index contributed by atoms with van der Waals surface area (Å²) in [7, 11) is 1.75. The number of aromatic nitrogens is 1. The number of ether oxygens (including phenoxy) is 1. The third-order valence-electron chi connectivity index (χ3n) is 2.27. The Morgan fingerprint density at radius 2 is 2.27 bits per heavy atom. The van der Waals surface area contributed by atoms with Crippen molar-refractivity contribution < 1.29 is 4.74 Å². The van der Waals surface area contributed by atoms with Gasteiger partial charge in [0.05, 0.1) is 0 Å². The molecule has 0 aliphatic rings. The fourth-order valence-corrected chi connectivity index (χ4v) is 1.40. The fourth-order valence-electron chi connectivity index (χ4n) is 1.40. The normalized spacial score (nSPS) is 10.5. The number of hydrogen-bond donors (Lipinski definition) is 1. The molecular weight excluding hydrogens is 188 g/mol. The molecule has 0 bridgehead atoms. The minimum Gasteiger partial charge on any atom is -0.385 e. The molecule has 1 aromatic rings. The predicted octanol–water partition coefficient (Wildman–Crippen LogP) is 1.64. The fraction of sp³-hybridized carbons (Fsp3) is 0.583. The van der Waals surface area contributed by atoms with Crippen LogP contribution in [-0.2, 0) is 11.2 Å². The van der Waals surface area contributed by atoms with Gasteiger partial charge in [0, 0.05) is 26.1 Å². The Labute approximate surface area is 91.9 Å². The lowest BCUT2D eigenvalue weighted by Gasteiger charge is -2.04. The summed E-state index contributed by atoms with van der Waals surface area (Å²) in [5, 5.41) is 3.41. The highest BCUT2D eigenvalue weighted by Gasteiger charge is 1.92. The van der Waals surface area contributed by atoms with Gasteiger partial charge in [-0.3, -0.25) is 4.98 Å². The minimum atomic E-state index is 0.865. The smallest absolute Gasteiger partial charge is 0.0462 e. The van der Waals surface area contributed by atoms with Crippen LogP contribution in [0.1, 0.15) is 18.4 Å². The molecule has 0 atom stereocenters. The van der Waals surface area contributed by atoms with Crippen molar-refractivity contribution in [1.82, 2.24) is 10.3 Å². The molecule has 3 nitrogen and oxygen atoms in total. The van der Waals surface area contributed by atoms with Crippen molar-refractivity contribution in [3.05, 3.63) is 30.1 Å². The maximum atomic E-state index is 4.98. The summed E-state index contributed by atoms with van der Waals surface area (Å²) >= 11 is 0. The van der Waals surface area contributed by atoms with Crippen molar-refractivity contribution in [3.63, 3.8) is 0 Å². The Bertz CT molecular complexity index is 239. The number of pyridine rings is 1. The van der Waals surface area contributed by atoms with E-state index in [0.717, 1.165) is 32.5 Å². The highest BCUT2D eigenvalue weighted by molar-refractivity contribution is 5.08. The van der Waals surface area contributed by atoms with Gasteiger partial charge in [0.1, 0.15) is 0 Å². The molecule has 0 aliphatic carbocycles. The topological polar surface area (TPSA) is 34.1 Å². The van der Waals surface area contributed by atoms with Gasteiger partial charge in [-0.05, 0) is 44.0 Å². The Morgan fingerprint density at radius 3 is 3.00 bits per heavy atom. The molecule has 84 valence electrons. The maximum Gasteiger partial charge on any atom is 0.0462 e. The number of nitrogens with one attached hydrogen (secondary N) is 1. The van der Waals surface area contributed by atoms with Gasteiger partial charge in [-0.25, -0.2) is 0 Å². The van der Waals surface area contributed by atoms with Gasteiger partial charge < -0.3 is 10.1 Å². The third kappa shape index (κ3) is 6.20. The van der Waals surface area contributed by atoms with Gasteiger partial charge in [0.25, 0.3) is 0 Å². The molecule has 0 aliphatic heterocycles. The van der Waals surface area contributed by atoms with E-state index < -0.39 is 0 Å². The van der Waals surface area contributed by atoms with Crippen LogP contribution in [0.25, 0.3) is 0 Å². The molecule has 0 unspecified atom stereocenters. The van der Waals surface area contributed by atoms with Crippen molar-refractivity contribution in [3.8, 4) is 0 Å². The van der Waals surface area contributed by atoms with Crippen molar-refractivity contribution in [1.29, 1.82) is 0 Å². The molecule has 1 rings (SSSR count). The molecule has 0 radical (unpaired) electrons. The Morgan fingerprint density at radius 1 is 1.33 bits per heavy atom. The molecule has 1 N–H and O–H groups in total. The van der Waals surface area contributed by atoms with Crippen LogP contribution >= 0.6 is 0 Å². The minimum absolute atomic E-state index is 0.865. The van der Waals surface area contributed by atoms with E-state index in [1.54, 1.807) is 7.11 Å². The molecule has 0 fully saturated rings. The van der Waals surface area contributed by atoms with Crippen LogP contribution in [0.3, 0.4) is 0 Å². The second-order valence-electron chi connectivity index (χ2n) is 3.56. The molecule has 0 aromatic carbocycles. The van der Waals surface area contributed by atoms with Crippen LogP contribution in [0, 0.1) is 0 Å². The molecule has 1 heterocycles. The van der Waals surface area contributed by atoms with Crippen LogP contribution < -0.4 is 5.32 Å². The monoisotopic (exact) mass is 208 g/mol. The summed E-state index contributed by atoms with van der Waals surface area (Å²) in [6.07, 6.45) is 7.10. The average Bonchev–Trinajstić information content (AvgIpc) is 2.29. The first-order valence-electron chi connectivity index (χ1n) is 5.52. The molecular formula is C12H20N2O. The molecule has 0 saturated carbocycles. The van der Waals surface area contributed by atoms with E-state index in [9.17, 15) is 0 Å². The first-order valence-corrected chi connectivity index (χ1v) is 5.52. The van der Waals surface area contributed by atoms with E-state index in [1.807, 2.05) is 18.5 Å². The molecule has 0 amide bonds. The second kappa shape index (κ2) is 8.38. The lowest BCUT2D eigenvalue weighted by atomic mass is 10.2. The quantitative estimate of drug-likeness (QED) is 0.659. The highest BCUT2D eigenvalue weighted by atomic mass is 16.5. The van der Waals surface area contributed by atoms with Crippen molar-refractivity contribution >= 4 is 0 Å². The Kier molecular flexibility index (Phi) is 6.79. The summed E-state index contributed by atoms with van der Waals surface area (Å²) in [5.41, 5.74) is 1.29. The van der Waals surface area contributed by atoms with Gasteiger partial charge in [0.2, 0.25) is 0 Å². The zero-order valence-electron chi connectivity index (χ0n) is 9.41. The van der Waals surface area contributed by atoms with Crippen molar-refractivity contribution in [2.75, 3.05) is 26.8 Å². The summed E-state index contributed by atoms with van der Waals surface area (Å²) in [6.45, 7) is 2.96. The Balaban J connectivity index is 1.93. The average molecular weight is 208 g/mol. The lowest BCUT2D eigenvalue weighted by molar-refractivity contribution is 0.192. The van der Waals surface area contributed by atoms with E-state index >= 15 is 0 Å². The van der Waals surface area contributed by atoms with Crippen molar-refractivity contribution in [2.45, 2.75) is 19.3 Å². The zero-order valence-corrected chi connectivity index (χ0v) is 9.41. The zero-order chi connectivity index (χ0) is 10.8. The number of nitrogens with zero attached hydrogens (tertiary/aromatic N) is 1. The molecule has 3 heteroatoms. The van der Waals surface area contributed by atoms with Crippen LogP contribution in [0.5, 0.6) is 0 Å². The Hall–Kier alpha value is -0.930. The van der Waals surface area contributed by atoms with Crippen LogP contribution in [-0.4, -0.2) is 31.8 Å². The summed E-state index contributed by atoms with van der Waals surface area (Å²) < 4.78 is 4.98. The van der Waals surface area contributed by atoms with Gasteiger partial charge in [-0.2, -0.15) is 0 Å². The SMILES string of the molecule is COCCCCNCCc1cccnc1.